The molecule has 0 saturated heterocycles. The number of aliphatic carboxylic acids is 1. The summed E-state index contributed by atoms with van der Waals surface area (Å²) in [6, 6.07) is 0. The van der Waals surface area contributed by atoms with E-state index in [-0.39, 0.29) is 18.9 Å². The van der Waals surface area contributed by atoms with Crippen LogP contribution in [0.1, 0.15) is 44.8 Å². The summed E-state index contributed by atoms with van der Waals surface area (Å²) in [5.41, 5.74) is -0.986. The van der Waals surface area contributed by atoms with Crippen molar-refractivity contribution in [1.82, 2.24) is 20.1 Å². The van der Waals surface area contributed by atoms with Crippen LogP contribution in [-0.2, 0) is 16.1 Å². The Balaban J connectivity index is 2.71. The predicted molar refractivity (Wildman–Crippen MR) is 72.9 cm³/mol. The second-order valence-corrected chi connectivity index (χ2v) is 5.06. The van der Waals surface area contributed by atoms with Gasteiger partial charge in [0.25, 0.3) is 0 Å². The number of H-pyrrole nitrogens is 1. The Labute approximate surface area is 118 Å². The van der Waals surface area contributed by atoms with Crippen molar-refractivity contribution in [1.29, 1.82) is 0 Å². The Hall–Kier alpha value is -1.92. The van der Waals surface area contributed by atoms with E-state index in [1.54, 1.807) is 27.8 Å². The van der Waals surface area contributed by atoms with Crippen LogP contribution in [0.2, 0.25) is 0 Å². The number of aromatic amines is 1. The van der Waals surface area contributed by atoms with Crippen molar-refractivity contribution in [2.45, 2.75) is 46.6 Å². The molecule has 0 unspecified atom stereocenters. The molecular weight excluding hydrogens is 260 g/mol. The fourth-order valence-corrected chi connectivity index (χ4v) is 2.06. The molecule has 0 bridgehead atoms. The fourth-order valence-electron chi connectivity index (χ4n) is 2.06. The fraction of sp³-hybridized carbons (Fsp3) is 0.692. The third kappa shape index (κ3) is 3.55. The Bertz CT molecular complexity index is 480. The molecule has 0 saturated carbocycles. The van der Waals surface area contributed by atoms with E-state index in [1.165, 1.54) is 4.90 Å². The van der Waals surface area contributed by atoms with Crippen molar-refractivity contribution in [2.75, 3.05) is 7.05 Å². The first kappa shape index (κ1) is 16.1. The molecule has 1 amide bonds. The number of amides is 1. The zero-order valence-electron chi connectivity index (χ0n) is 12.4. The molecule has 0 aliphatic carbocycles. The van der Waals surface area contributed by atoms with E-state index in [9.17, 15) is 14.7 Å². The molecule has 0 spiro atoms. The van der Waals surface area contributed by atoms with E-state index >= 15 is 0 Å². The van der Waals surface area contributed by atoms with Gasteiger partial charge < -0.3 is 10.0 Å². The van der Waals surface area contributed by atoms with Crippen molar-refractivity contribution >= 4 is 11.9 Å². The van der Waals surface area contributed by atoms with Gasteiger partial charge in [-0.2, -0.15) is 5.10 Å². The summed E-state index contributed by atoms with van der Waals surface area (Å²) in [6.45, 7) is 5.64. The van der Waals surface area contributed by atoms with Gasteiger partial charge >= 0.3 is 5.97 Å². The van der Waals surface area contributed by atoms with Gasteiger partial charge in [-0.15, -0.1) is 0 Å². The Morgan fingerprint density at radius 3 is 2.35 bits per heavy atom. The van der Waals surface area contributed by atoms with E-state index < -0.39 is 11.4 Å². The first-order valence-corrected chi connectivity index (χ1v) is 6.70. The zero-order valence-corrected chi connectivity index (χ0v) is 12.4. The quantitative estimate of drug-likeness (QED) is 0.786. The minimum atomic E-state index is -0.986. The van der Waals surface area contributed by atoms with Crippen molar-refractivity contribution in [3.63, 3.8) is 0 Å². The van der Waals surface area contributed by atoms with Crippen LogP contribution in [0, 0.1) is 12.3 Å². The highest BCUT2D eigenvalue weighted by Crippen LogP contribution is 2.31. The van der Waals surface area contributed by atoms with Gasteiger partial charge in [0, 0.05) is 13.5 Å². The standard InChI is InChI=1S/C13H22N4O3/c1-5-13(6-2,12(19)20)7-11(18)17(4)8-10-14-9(3)15-16-10/h5-8H2,1-4H3,(H,19,20)(H,14,15,16). The normalized spacial score (nSPS) is 11.4. The lowest BCUT2D eigenvalue weighted by Crippen LogP contribution is -2.37. The molecule has 0 atom stereocenters. The van der Waals surface area contributed by atoms with Gasteiger partial charge in [-0.3, -0.25) is 14.7 Å². The number of carbonyl (C=O) groups excluding carboxylic acids is 1. The van der Waals surface area contributed by atoms with Crippen molar-refractivity contribution < 1.29 is 14.7 Å². The van der Waals surface area contributed by atoms with Gasteiger partial charge in [-0.25, -0.2) is 4.98 Å². The summed E-state index contributed by atoms with van der Waals surface area (Å²) in [6.07, 6.45) is 0.853. The molecule has 7 nitrogen and oxygen atoms in total. The number of hydrogen-bond donors (Lipinski definition) is 2. The van der Waals surface area contributed by atoms with E-state index in [4.69, 9.17) is 0 Å². The lowest BCUT2D eigenvalue weighted by molar-refractivity contribution is -0.154. The molecule has 0 radical (unpaired) electrons. The molecule has 112 valence electrons. The monoisotopic (exact) mass is 282 g/mol. The van der Waals surface area contributed by atoms with Crippen molar-refractivity contribution in [2.24, 2.45) is 5.41 Å². The second-order valence-electron chi connectivity index (χ2n) is 5.06. The largest absolute Gasteiger partial charge is 0.481 e. The summed E-state index contributed by atoms with van der Waals surface area (Å²) in [7, 11) is 1.63. The van der Waals surface area contributed by atoms with E-state index in [2.05, 4.69) is 15.2 Å². The van der Waals surface area contributed by atoms with Crippen molar-refractivity contribution in [3.8, 4) is 0 Å². The van der Waals surface area contributed by atoms with Crippen LogP contribution in [0.25, 0.3) is 0 Å². The van der Waals surface area contributed by atoms with E-state index in [0.29, 0.717) is 24.5 Å². The van der Waals surface area contributed by atoms with Gasteiger partial charge in [0.05, 0.1) is 12.0 Å². The highest BCUT2D eigenvalue weighted by atomic mass is 16.4. The van der Waals surface area contributed by atoms with Gasteiger partial charge in [0.1, 0.15) is 5.82 Å². The van der Waals surface area contributed by atoms with Crippen LogP contribution in [0.3, 0.4) is 0 Å². The SMILES string of the molecule is CCC(CC)(CC(=O)N(C)Cc1n[nH]c(C)n1)C(=O)O. The maximum atomic E-state index is 12.2. The summed E-state index contributed by atoms with van der Waals surface area (Å²) >= 11 is 0. The number of carboxylic acid groups (broad SMARTS) is 1. The maximum absolute atomic E-state index is 12.2. The van der Waals surface area contributed by atoms with Crippen LogP contribution >= 0.6 is 0 Å². The number of nitrogens with zero attached hydrogens (tertiary/aromatic N) is 3. The Morgan fingerprint density at radius 1 is 1.35 bits per heavy atom. The van der Waals surface area contributed by atoms with Crippen LogP contribution in [-0.4, -0.2) is 44.1 Å². The Kier molecular flexibility index (Phi) is 5.24. The second kappa shape index (κ2) is 6.49. The van der Waals surface area contributed by atoms with Gasteiger partial charge in [-0.05, 0) is 19.8 Å². The van der Waals surface area contributed by atoms with E-state index in [0.717, 1.165) is 0 Å². The molecule has 1 aromatic heterocycles. The number of aryl methyl sites for hydroxylation is 1. The highest BCUT2D eigenvalue weighted by Gasteiger charge is 2.38. The average Bonchev–Trinajstić information content (AvgIpc) is 2.80. The predicted octanol–water partition coefficient (Wildman–Crippen LogP) is 1.35. The van der Waals surface area contributed by atoms with Crippen molar-refractivity contribution in [3.05, 3.63) is 11.6 Å². The molecule has 0 aromatic carbocycles. The van der Waals surface area contributed by atoms with Crippen LogP contribution in [0.5, 0.6) is 0 Å². The number of carboxylic acids is 1. The summed E-state index contributed by atoms with van der Waals surface area (Å²) in [5, 5.41) is 16.0. The minimum Gasteiger partial charge on any atom is -0.481 e. The van der Waals surface area contributed by atoms with Gasteiger partial charge in [-0.1, -0.05) is 13.8 Å². The maximum Gasteiger partial charge on any atom is 0.310 e. The molecule has 1 rings (SSSR count). The smallest absolute Gasteiger partial charge is 0.310 e. The number of rotatable bonds is 7. The van der Waals surface area contributed by atoms with Crippen LogP contribution in [0.15, 0.2) is 0 Å². The number of hydrogen-bond acceptors (Lipinski definition) is 4. The summed E-state index contributed by atoms with van der Waals surface area (Å²) in [4.78, 5) is 29.2. The molecule has 0 aliphatic heterocycles. The topological polar surface area (TPSA) is 99.2 Å². The third-order valence-electron chi connectivity index (χ3n) is 3.74. The van der Waals surface area contributed by atoms with Gasteiger partial charge in [0.15, 0.2) is 5.82 Å². The summed E-state index contributed by atoms with van der Waals surface area (Å²) < 4.78 is 0. The third-order valence-corrected chi connectivity index (χ3v) is 3.74. The first-order chi connectivity index (χ1) is 9.34. The lowest BCUT2D eigenvalue weighted by Gasteiger charge is -2.28. The lowest BCUT2D eigenvalue weighted by atomic mass is 9.79. The molecule has 2 N–H and O–H groups in total. The van der Waals surface area contributed by atoms with E-state index in [1.807, 2.05) is 0 Å². The first-order valence-electron chi connectivity index (χ1n) is 6.70. The average molecular weight is 282 g/mol. The number of aromatic nitrogens is 3. The molecule has 1 aromatic rings. The molecule has 7 heteroatoms. The minimum absolute atomic E-state index is 0.00472. The number of nitrogens with one attached hydrogen (secondary N) is 1. The Morgan fingerprint density at radius 2 is 1.95 bits per heavy atom. The molecular formula is C13H22N4O3. The molecule has 0 fully saturated rings. The summed E-state index contributed by atoms with van der Waals surface area (Å²) in [5.74, 6) is 0.0756. The van der Waals surface area contributed by atoms with Crippen LogP contribution < -0.4 is 0 Å². The van der Waals surface area contributed by atoms with Crippen LogP contribution in [0.4, 0.5) is 0 Å². The highest BCUT2D eigenvalue weighted by molar-refractivity contribution is 5.84. The zero-order chi connectivity index (χ0) is 15.3. The molecule has 20 heavy (non-hydrogen) atoms. The molecule has 0 aliphatic rings. The number of carbonyl (C=O) groups is 2. The van der Waals surface area contributed by atoms with Gasteiger partial charge in [0.2, 0.25) is 5.91 Å². The molecule has 1 heterocycles.